The van der Waals surface area contributed by atoms with Gasteiger partial charge in [-0.2, -0.15) is 0 Å². The summed E-state index contributed by atoms with van der Waals surface area (Å²) in [7, 11) is 2.57. The molecule has 2 saturated heterocycles. The number of hydrogen-bond donors (Lipinski definition) is 4. The quantitative estimate of drug-likeness (QED) is 0.101. The van der Waals surface area contributed by atoms with Crippen LogP contribution in [0.15, 0.2) is 103 Å². The lowest BCUT2D eigenvalue weighted by atomic mass is 9.98. The first-order valence-electron chi connectivity index (χ1n) is 20.7. The Morgan fingerprint density at radius 1 is 0.639 bits per heavy atom. The Labute approximate surface area is 354 Å². The number of aromatic nitrogens is 4. The predicted octanol–water partition coefficient (Wildman–Crippen LogP) is 8.09. The van der Waals surface area contributed by atoms with Crippen LogP contribution < -0.4 is 10.6 Å². The van der Waals surface area contributed by atoms with Gasteiger partial charge in [0, 0.05) is 18.7 Å². The van der Waals surface area contributed by atoms with Gasteiger partial charge in [-0.1, -0.05) is 92.7 Å². The zero-order chi connectivity index (χ0) is 42.6. The molecule has 4 amide bonds. The van der Waals surface area contributed by atoms with Crippen LogP contribution in [0.1, 0.15) is 74.9 Å². The highest BCUT2D eigenvalue weighted by molar-refractivity contribution is 5.91. The Hall–Kier alpha value is -6.96. The molecule has 0 saturated carbocycles. The minimum absolute atomic E-state index is 0.108. The molecule has 14 nitrogen and oxygen atoms in total. The second kappa shape index (κ2) is 17.7. The number of carbonyl (C=O) groups excluding carboxylic acids is 4. The molecule has 14 heteroatoms. The largest absolute Gasteiger partial charge is 0.453 e. The maximum atomic E-state index is 13.9. The molecule has 2 aliphatic rings. The first-order valence-corrected chi connectivity index (χ1v) is 20.7. The number of nitrogens with one attached hydrogen (secondary N) is 4. The van der Waals surface area contributed by atoms with Crippen LogP contribution in [-0.2, 0) is 19.1 Å². The van der Waals surface area contributed by atoms with E-state index in [-0.39, 0.29) is 29.8 Å². The molecule has 0 radical (unpaired) electrons. The van der Waals surface area contributed by atoms with E-state index in [1.807, 2.05) is 55.3 Å². The van der Waals surface area contributed by atoms with Crippen molar-refractivity contribution in [3.05, 3.63) is 121 Å². The zero-order valence-corrected chi connectivity index (χ0v) is 34.7. The number of benzene rings is 4. The Kier molecular flexibility index (Phi) is 11.9. The third kappa shape index (κ3) is 8.56. The highest BCUT2D eigenvalue weighted by Crippen LogP contribution is 2.36. The van der Waals surface area contributed by atoms with Crippen molar-refractivity contribution in [3.63, 3.8) is 0 Å². The summed E-state index contributed by atoms with van der Waals surface area (Å²) in [5, 5.41) is 7.60. The van der Waals surface area contributed by atoms with E-state index in [0.717, 1.165) is 75.9 Å². The summed E-state index contributed by atoms with van der Waals surface area (Å²) in [6.07, 6.45) is 5.53. The second-order valence-corrected chi connectivity index (χ2v) is 15.9. The Morgan fingerprint density at radius 3 is 1.74 bits per heavy atom. The number of rotatable bonds is 11. The van der Waals surface area contributed by atoms with Crippen LogP contribution in [0.25, 0.3) is 44.4 Å². The van der Waals surface area contributed by atoms with Crippen LogP contribution in [0.2, 0.25) is 0 Å². The summed E-state index contributed by atoms with van der Waals surface area (Å²) in [6, 6.07) is 28.2. The van der Waals surface area contributed by atoms with E-state index >= 15 is 0 Å². The molecule has 2 fully saturated rings. The topological polar surface area (TPSA) is 175 Å². The maximum Gasteiger partial charge on any atom is 0.407 e. The number of imidazole rings is 2. The van der Waals surface area contributed by atoms with Gasteiger partial charge in [-0.15, -0.1) is 0 Å². The number of likely N-dealkylation sites (tertiary alicyclic amines) is 2. The van der Waals surface area contributed by atoms with Gasteiger partial charge in [0.1, 0.15) is 23.7 Å². The molecule has 4 heterocycles. The highest BCUT2D eigenvalue weighted by atomic mass is 16.5. The Morgan fingerprint density at radius 2 is 1.15 bits per heavy atom. The summed E-state index contributed by atoms with van der Waals surface area (Å²) in [5.41, 5.74) is 6.52. The molecule has 0 aliphatic carbocycles. The number of amides is 4. The van der Waals surface area contributed by atoms with Gasteiger partial charge < -0.3 is 39.9 Å². The summed E-state index contributed by atoms with van der Waals surface area (Å²) < 4.78 is 9.60. The molecule has 4 N–H and O–H groups in total. The van der Waals surface area contributed by atoms with Gasteiger partial charge >= 0.3 is 12.2 Å². The fourth-order valence-corrected chi connectivity index (χ4v) is 8.52. The number of aromatic amines is 2. The third-order valence-electron chi connectivity index (χ3n) is 11.8. The maximum absolute atomic E-state index is 13.9. The van der Waals surface area contributed by atoms with Crippen LogP contribution in [0.4, 0.5) is 9.59 Å². The standard InChI is InChI=1S/C47H50N8O6/c1-28(2)40(52-46(58)60-3)44(56)54-22-8-12-38(54)43-49-27-37(51-43)35-21-20-33-24-32(18-19-34(33)25-35)29-14-16-30(17-15-29)36-26-48-42(50-36)39-13-9-23-55(39)45(57)41(53-47(59)61-4)31-10-6-5-7-11-31/h5-7,10-11,14-21,24-28,38-41H,8-9,12-13,22-23H2,1-4H3,(H,48,50)(H,49,51)(H,52,58)(H,53,59)/t38-,39-,40-,41?/m0/s1. The predicted molar refractivity (Wildman–Crippen MR) is 231 cm³/mol. The van der Waals surface area contributed by atoms with Crippen molar-refractivity contribution in [1.82, 2.24) is 40.4 Å². The molecule has 4 aromatic carbocycles. The summed E-state index contributed by atoms with van der Waals surface area (Å²) in [4.78, 5) is 71.7. The lowest BCUT2D eigenvalue weighted by molar-refractivity contribution is -0.135. The number of carbonyl (C=O) groups is 4. The van der Waals surface area contributed by atoms with E-state index in [1.165, 1.54) is 14.2 Å². The van der Waals surface area contributed by atoms with Crippen molar-refractivity contribution < 1.29 is 28.7 Å². The van der Waals surface area contributed by atoms with E-state index < -0.39 is 24.3 Å². The van der Waals surface area contributed by atoms with Gasteiger partial charge in [0.05, 0.1) is 50.1 Å². The lowest BCUT2D eigenvalue weighted by Gasteiger charge is -2.30. The van der Waals surface area contributed by atoms with Crippen LogP contribution in [0.3, 0.4) is 0 Å². The van der Waals surface area contributed by atoms with Gasteiger partial charge in [-0.25, -0.2) is 19.6 Å². The molecule has 4 atom stereocenters. The molecule has 0 spiro atoms. The van der Waals surface area contributed by atoms with Crippen LogP contribution in [-0.4, -0.2) is 87.1 Å². The lowest BCUT2D eigenvalue weighted by Crippen LogP contribution is -2.51. The molecular formula is C47H50N8O6. The number of alkyl carbamates (subject to hydrolysis) is 2. The van der Waals surface area contributed by atoms with E-state index in [9.17, 15) is 19.2 Å². The number of ether oxygens (including phenoxy) is 2. The number of nitrogens with zero attached hydrogens (tertiary/aromatic N) is 4. The smallest absolute Gasteiger partial charge is 0.407 e. The SMILES string of the molecule is COC(=O)NC(C(=O)N1CCC[C@H]1c1ncc(-c2ccc(-c3ccc4cc(-c5cnc([C@@H]6CCCN6C(=O)[C@@H](NC(=O)OC)C(C)C)[nH]5)ccc4c3)cc2)[nH]1)c1ccccc1. The van der Waals surface area contributed by atoms with Crippen LogP contribution >= 0.6 is 0 Å². The normalized spacial score (nSPS) is 17.3. The van der Waals surface area contributed by atoms with E-state index in [1.54, 1.807) is 11.1 Å². The minimum Gasteiger partial charge on any atom is -0.453 e. The minimum atomic E-state index is -0.880. The van der Waals surface area contributed by atoms with Crippen LogP contribution in [0.5, 0.6) is 0 Å². The summed E-state index contributed by atoms with van der Waals surface area (Å²) >= 11 is 0. The average Bonchev–Trinajstić information content (AvgIpc) is 4.14. The molecular weight excluding hydrogens is 773 g/mol. The van der Waals surface area contributed by atoms with Crippen molar-refractivity contribution in [2.75, 3.05) is 27.3 Å². The van der Waals surface area contributed by atoms with Crippen LogP contribution in [0, 0.1) is 5.92 Å². The summed E-state index contributed by atoms with van der Waals surface area (Å²) in [6.45, 7) is 4.95. The fourth-order valence-electron chi connectivity index (χ4n) is 8.52. The molecule has 2 aromatic heterocycles. The number of fused-ring (bicyclic) bond motifs is 1. The van der Waals surface area contributed by atoms with Gasteiger partial charge in [0.25, 0.3) is 5.91 Å². The van der Waals surface area contributed by atoms with Gasteiger partial charge in [-0.05, 0) is 76.8 Å². The second-order valence-electron chi connectivity index (χ2n) is 15.9. The highest BCUT2D eigenvalue weighted by Gasteiger charge is 2.39. The third-order valence-corrected chi connectivity index (χ3v) is 11.8. The van der Waals surface area contributed by atoms with E-state index in [0.29, 0.717) is 24.5 Å². The molecule has 61 heavy (non-hydrogen) atoms. The van der Waals surface area contributed by atoms with Crippen molar-refractivity contribution in [3.8, 4) is 33.6 Å². The van der Waals surface area contributed by atoms with Crippen molar-refractivity contribution >= 4 is 34.8 Å². The molecule has 8 rings (SSSR count). The zero-order valence-electron chi connectivity index (χ0n) is 34.7. The molecule has 0 bridgehead atoms. The number of methoxy groups -OCH3 is 2. The van der Waals surface area contributed by atoms with Crippen molar-refractivity contribution in [2.45, 2.75) is 63.7 Å². The Bertz CT molecular complexity index is 2530. The van der Waals surface area contributed by atoms with Crippen molar-refractivity contribution in [2.24, 2.45) is 5.92 Å². The molecule has 2 aliphatic heterocycles. The monoisotopic (exact) mass is 822 g/mol. The summed E-state index contributed by atoms with van der Waals surface area (Å²) in [5.74, 6) is 0.972. The first-order chi connectivity index (χ1) is 29.6. The van der Waals surface area contributed by atoms with E-state index in [2.05, 4.69) is 81.3 Å². The van der Waals surface area contributed by atoms with E-state index in [4.69, 9.17) is 19.4 Å². The van der Waals surface area contributed by atoms with Crippen molar-refractivity contribution in [1.29, 1.82) is 0 Å². The first kappa shape index (κ1) is 40.8. The molecule has 314 valence electrons. The molecule has 1 unspecified atom stereocenters. The molecule has 6 aromatic rings. The number of H-pyrrole nitrogens is 2. The van der Waals surface area contributed by atoms with Gasteiger partial charge in [0.2, 0.25) is 5.91 Å². The fraction of sp³-hybridized carbons (Fsp3) is 0.319. The Balaban J connectivity index is 0.942. The van der Waals surface area contributed by atoms with Gasteiger partial charge in [0.15, 0.2) is 0 Å². The average molecular weight is 823 g/mol. The number of hydrogen-bond acceptors (Lipinski definition) is 8. The van der Waals surface area contributed by atoms with Gasteiger partial charge in [-0.3, -0.25) is 9.59 Å².